The smallest absolute Gasteiger partial charge is 0.358 e. The molecule has 0 aromatic carbocycles. The van der Waals surface area contributed by atoms with Crippen LogP contribution >= 0.6 is 23.2 Å². The molecule has 0 saturated heterocycles. The van der Waals surface area contributed by atoms with Gasteiger partial charge in [0.05, 0.1) is 0 Å². The van der Waals surface area contributed by atoms with Gasteiger partial charge in [-0.2, -0.15) is 0 Å². The molecule has 0 unspecified atom stereocenters. The summed E-state index contributed by atoms with van der Waals surface area (Å²) in [6.45, 7) is 0. The van der Waals surface area contributed by atoms with Crippen LogP contribution in [0, 0.1) is 10.1 Å². The zero-order chi connectivity index (χ0) is 9.14. The molecule has 0 spiro atoms. The molecule has 1 aromatic heterocycles. The van der Waals surface area contributed by atoms with Gasteiger partial charge >= 0.3 is 5.82 Å². The Hall–Kier alpha value is -0.870. The van der Waals surface area contributed by atoms with Crippen molar-refractivity contribution in [3.8, 4) is 0 Å². The summed E-state index contributed by atoms with van der Waals surface area (Å²) in [5, 5.41) is 10.2. The maximum absolute atomic E-state index is 10.2. The number of nitrogens with zero attached hydrogens (tertiary/aromatic N) is 2. The molecule has 1 heterocycles. The largest absolute Gasteiger partial charge is 0.363 e. The minimum absolute atomic E-state index is 0.251. The zero-order valence-electron chi connectivity index (χ0n) is 5.78. The second-order valence-electron chi connectivity index (χ2n) is 2.01. The van der Waals surface area contributed by atoms with Crippen LogP contribution in [0.3, 0.4) is 0 Å². The number of pyridine rings is 1. The first kappa shape index (κ1) is 9.22. The summed E-state index contributed by atoms with van der Waals surface area (Å²) in [5.41, 5.74) is 0.472. The maximum Gasteiger partial charge on any atom is 0.363 e. The first-order valence-corrected chi connectivity index (χ1v) is 3.87. The van der Waals surface area contributed by atoms with Crippen LogP contribution in [0.5, 0.6) is 0 Å². The highest BCUT2D eigenvalue weighted by atomic mass is 35.5. The van der Waals surface area contributed by atoms with E-state index in [1.54, 1.807) is 0 Å². The van der Waals surface area contributed by atoms with Crippen LogP contribution in [0.4, 0.5) is 5.82 Å². The molecule has 0 radical (unpaired) electrons. The van der Waals surface area contributed by atoms with Crippen LogP contribution in [0.1, 0.15) is 10.4 Å². The summed E-state index contributed by atoms with van der Waals surface area (Å²) < 4.78 is 0. The predicted molar refractivity (Wildman–Crippen MR) is 45.3 cm³/mol. The van der Waals surface area contributed by atoms with Crippen LogP contribution in [0.2, 0.25) is 0 Å². The molecular formula is C6H4Cl2N2O2. The van der Waals surface area contributed by atoms with E-state index in [2.05, 4.69) is 4.98 Å². The maximum atomic E-state index is 10.2. The van der Waals surface area contributed by atoms with Gasteiger partial charge in [-0.1, -0.05) is 0 Å². The van der Waals surface area contributed by atoms with Gasteiger partial charge in [-0.25, -0.2) is 0 Å². The molecule has 0 amide bonds. The summed E-state index contributed by atoms with van der Waals surface area (Å²) in [5.74, 6) is -0.251. The molecule has 0 N–H and O–H groups in total. The third-order valence-electron chi connectivity index (χ3n) is 1.21. The van der Waals surface area contributed by atoms with Crippen molar-refractivity contribution in [3.63, 3.8) is 0 Å². The van der Waals surface area contributed by atoms with Gasteiger partial charge in [0.1, 0.15) is 11.0 Å². The molecule has 1 rings (SSSR count). The number of hydrogen-bond acceptors (Lipinski definition) is 3. The van der Waals surface area contributed by atoms with E-state index in [1.807, 2.05) is 0 Å². The van der Waals surface area contributed by atoms with Crippen molar-refractivity contribution in [1.82, 2.24) is 4.98 Å². The number of rotatable bonds is 2. The van der Waals surface area contributed by atoms with Crippen LogP contribution in [-0.4, -0.2) is 9.91 Å². The van der Waals surface area contributed by atoms with Crippen molar-refractivity contribution in [1.29, 1.82) is 0 Å². The first-order chi connectivity index (χ1) is 5.61. The van der Waals surface area contributed by atoms with Gasteiger partial charge in [-0.3, -0.25) is 0 Å². The van der Waals surface area contributed by atoms with Crippen molar-refractivity contribution in [2.75, 3.05) is 0 Å². The average molecular weight is 207 g/mol. The molecule has 64 valence electrons. The molecular weight excluding hydrogens is 203 g/mol. The number of aromatic nitrogens is 1. The summed E-state index contributed by atoms with van der Waals surface area (Å²) in [7, 11) is 0. The Morgan fingerprint density at radius 2 is 2.25 bits per heavy atom. The van der Waals surface area contributed by atoms with Crippen LogP contribution in [0.25, 0.3) is 0 Å². The molecule has 1 aromatic rings. The number of halogens is 2. The second kappa shape index (κ2) is 3.69. The van der Waals surface area contributed by atoms with Crippen molar-refractivity contribution in [3.05, 3.63) is 34.0 Å². The van der Waals surface area contributed by atoms with Gasteiger partial charge < -0.3 is 10.1 Å². The van der Waals surface area contributed by atoms with Crippen molar-refractivity contribution in [2.24, 2.45) is 0 Å². The minimum atomic E-state index is -0.758. The van der Waals surface area contributed by atoms with E-state index in [1.165, 1.54) is 18.3 Å². The van der Waals surface area contributed by atoms with Gasteiger partial charge in [-0.15, -0.1) is 23.2 Å². The Bertz CT molecular complexity index is 303. The van der Waals surface area contributed by atoms with Crippen molar-refractivity contribution >= 4 is 29.0 Å². The molecule has 0 fully saturated rings. The molecule has 0 bridgehead atoms. The third kappa shape index (κ3) is 2.06. The van der Waals surface area contributed by atoms with Crippen LogP contribution in [-0.2, 0) is 0 Å². The first-order valence-electron chi connectivity index (χ1n) is 3.00. The SMILES string of the molecule is O=[N+]([O-])c1cc(C(Cl)Cl)ccn1. The highest BCUT2D eigenvalue weighted by Crippen LogP contribution is 2.25. The number of nitro groups is 1. The van der Waals surface area contributed by atoms with E-state index in [9.17, 15) is 10.1 Å². The molecule has 0 aliphatic rings. The average Bonchev–Trinajstić information content (AvgIpc) is 2.04. The number of hydrogen-bond donors (Lipinski definition) is 0. The Balaban J connectivity index is 3.04. The van der Waals surface area contributed by atoms with E-state index in [-0.39, 0.29) is 5.82 Å². The molecule has 4 nitrogen and oxygen atoms in total. The summed E-state index contributed by atoms with van der Waals surface area (Å²) in [6, 6.07) is 2.77. The van der Waals surface area contributed by atoms with Crippen LogP contribution < -0.4 is 0 Å². The normalized spacial score (nSPS) is 10.2. The Labute approximate surface area is 78.3 Å². The Kier molecular flexibility index (Phi) is 2.83. The minimum Gasteiger partial charge on any atom is -0.358 e. The lowest BCUT2D eigenvalue weighted by atomic mass is 10.3. The highest BCUT2D eigenvalue weighted by Gasteiger charge is 2.10. The van der Waals surface area contributed by atoms with Gasteiger partial charge in [0.25, 0.3) is 0 Å². The molecule has 0 aliphatic carbocycles. The predicted octanol–water partition coefficient (Wildman–Crippen LogP) is 2.47. The van der Waals surface area contributed by atoms with E-state index in [0.29, 0.717) is 5.56 Å². The standard InChI is InChI=1S/C6H4Cl2N2O2/c7-6(8)4-1-2-9-5(3-4)10(11)12/h1-3,6H. The summed E-state index contributed by atoms with van der Waals surface area (Å²) >= 11 is 11.0. The zero-order valence-corrected chi connectivity index (χ0v) is 7.29. The van der Waals surface area contributed by atoms with Gasteiger partial charge in [0.2, 0.25) is 0 Å². The van der Waals surface area contributed by atoms with Crippen molar-refractivity contribution in [2.45, 2.75) is 4.84 Å². The topological polar surface area (TPSA) is 56.0 Å². The van der Waals surface area contributed by atoms with Crippen LogP contribution in [0.15, 0.2) is 18.3 Å². The molecule has 6 heteroatoms. The van der Waals surface area contributed by atoms with Gasteiger partial charge in [-0.05, 0) is 21.5 Å². The third-order valence-corrected chi connectivity index (χ3v) is 1.71. The Morgan fingerprint density at radius 1 is 1.58 bits per heavy atom. The molecule has 0 atom stereocenters. The summed E-state index contributed by atoms with van der Waals surface area (Å²) in [6.07, 6.45) is 1.30. The van der Waals surface area contributed by atoms with E-state index in [4.69, 9.17) is 23.2 Å². The van der Waals surface area contributed by atoms with Gasteiger partial charge in [0.15, 0.2) is 0 Å². The van der Waals surface area contributed by atoms with Gasteiger partial charge in [0, 0.05) is 6.07 Å². The fourth-order valence-electron chi connectivity index (χ4n) is 0.670. The fraction of sp³-hybridized carbons (Fsp3) is 0.167. The second-order valence-corrected chi connectivity index (χ2v) is 3.10. The summed E-state index contributed by atoms with van der Waals surface area (Å²) in [4.78, 5) is 12.4. The molecule has 12 heavy (non-hydrogen) atoms. The van der Waals surface area contributed by atoms with E-state index in [0.717, 1.165) is 0 Å². The lowest BCUT2D eigenvalue weighted by Crippen LogP contribution is -1.93. The van der Waals surface area contributed by atoms with E-state index < -0.39 is 9.76 Å². The Morgan fingerprint density at radius 3 is 2.75 bits per heavy atom. The van der Waals surface area contributed by atoms with Crippen molar-refractivity contribution < 1.29 is 4.92 Å². The fourth-order valence-corrected chi connectivity index (χ4v) is 0.941. The lowest BCUT2D eigenvalue weighted by molar-refractivity contribution is -0.389. The quantitative estimate of drug-likeness (QED) is 0.425. The molecule has 0 saturated carbocycles. The lowest BCUT2D eigenvalue weighted by Gasteiger charge is -1.98. The molecule has 0 aliphatic heterocycles. The number of alkyl halides is 2. The van der Waals surface area contributed by atoms with E-state index >= 15 is 0 Å². The monoisotopic (exact) mass is 206 g/mol. The highest BCUT2D eigenvalue weighted by molar-refractivity contribution is 6.44.